The van der Waals surface area contributed by atoms with Gasteiger partial charge in [-0.3, -0.25) is 4.79 Å². The molecule has 3 rings (SSSR count). The second-order valence-electron chi connectivity index (χ2n) is 9.87. The van der Waals surface area contributed by atoms with Gasteiger partial charge in [0.2, 0.25) is 0 Å². The van der Waals surface area contributed by atoms with Gasteiger partial charge in [-0.15, -0.1) is 12.8 Å². The largest absolute Gasteiger partial charge is 0.505 e. The number of carbonyl (C=O) groups is 1. The highest BCUT2D eigenvalue weighted by molar-refractivity contribution is 6.99. The number of terminal acetylenes is 1. The molecule has 0 saturated carbocycles. The van der Waals surface area contributed by atoms with Gasteiger partial charge in [-0.1, -0.05) is 41.5 Å². The van der Waals surface area contributed by atoms with Crippen molar-refractivity contribution >= 4 is 35.0 Å². The number of carbonyl (C=O) groups excluding carboxylic acids is 1. The molecule has 0 aliphatic heterocycles. The number of amides is 1. The van der Waals surface area contributed by atoms with Crippen LogP contribution in [0.15, 0.2) is 28.9 Å². The van der Waals surface area contributed by atoms with Gasteiger partial charge in [0.05, 0.1) is 41.4 Å². The topological polar surface area (TPSA) is 107 Å². The molecule has 2 heterocycles. The van der Waals surface area contributed by atoms with Gasteiger partial charge in [-0.05, 0) is 57.2 Å². The molecule has 0 aliphatic carbocycles. The number of phenolic OH excluding ortho intramolecular Hbond substituents is 1. The minimum atomic E-state index is -4.81. The molecule has 0 unspecified atom stereocenters. The van der Waals surface area contributed by atoms with Crippen LogP contribution in [0, 0.1) is 18.8 Å². The van der Waals surface area contributed by atoms with Crippen LogP contribution in [-0.4, -0.2) is 64.8 Å². The lowest BCUT2D eigenvalue weighted by Gasteiger charge is -2.19. The number of rotatable bonds is 7. The predicted octanol–water partition coefficient (Wildman–Crippen LogP) is 7.59. The number of alkyl halides is 3. The molecule has 0 radical (unpaired) electrons. The quantitative estimate of drug-likeness (QED) is 0.182. The Balaban J connectivity index is 0. The molecule has 0 spiro atoms. The summed E-state index contributed by atoms with van der Waals surface area (Å²) in [6, 6.07) is 3.66. The highest BCUT2D eigenvalue weighted by Gasteiger charge is 2.38. The highest BCUT2D eigenvalue weighted by Crippen LogP contribution is 2.41. The van der Waals surface area contributed by atoms with Crippen LogP contribution < -0.4 is 10.6 Å². The highest BCUT2D eigenvalue weighted by atomic mass is 32.1. The zero-order valence-corrected chi connectivity index (χ0v) is 27.9. The van der Waals surface area contributed by atoms with Crippen molar-refractivity contribution in [2.24, 2.45) is 5.92 Å². The number of phenols is 1. The second kappa shape index (κ2) is 21.0. The van der Waals surface area contributed by atoms with Gasteiger partial charge < -0.3 is 30.0 Å². The number of hydrogen-bond acceptors (Lipinski definition) is 9. The molecule has 242 valence electrons. The van der Waals surface area contributed by atoms with Crippen molar-refractivity contribution in [2.75, 3.05) is 45.9 Å². The minimum absolute atomic E-state index is 0.111. The number of furan rings is 1. The SMILES string of the molecule is C#C.CC.CC(C)C.CCc1coc(CNc2nsnc2Nc2ccc(C(F)(F)F)c(C(=O)N(C)C)c2O)c1.CN(C)C. The van der Waals surface area contributed by atoms with E-state index in [4.69, 9.17) is 4.42 Å². The Labute approximate surface area is 258 Å². The van der Waals surface area contributed by atoms with Crippen molar-refractivity contribution in [3.8, 4) is 18.6 Å². The first-order chi connectivity index (χ1) is 20.1. The Morgan fingerprint density at radius 1 is 1.07 bits per heavy atom. The lowest BCUT2D eigenvalue weighted by molar-refractivity contribution is -0.138. The van der Waals surface area contributed by atoms with Gasteiger partial charge in [0.15, 0.2) is 17.4 Å². The Morgan fingerprint density at radius 3 is 2.02 bits per heavy atom. The molecular formula is C30H47F3N6O3S. The third-order valence-electron chi connectivity index (χ3n) is 4.39. The number of benzene rings is 1. The fourth-order valence-corrected chi connectivity index (χ4v) is 3.24. The summed E-state index contributed by atoms with van der Waals surface area (Å²) in [6.45, 7) is 12.8. The summed E-state index contributed by atoms with van der Waals surface area (Å²) in [6.07, 6.45) is 5.67. The van der Waals surface area contributed by atoms with Crippen LogP contribution >= 0.6 is 11.7 Å². The number of anilines is 3. The molecule has 0 saturated heterocycles. The lowest BCUT2D eigenvalue weighted by atomic mass is 10.0. The first kappa shape index (κ1) is 41.4. The molecule has 0 aliphatic rings. The Morgan fingerprint density at radius 2 is 1.58 bits per heavy atom. The van der Waals surface area contributed by atoms with Gasteiger partial charge >= 0.3 is 6.18 Å². The standard InChI is InChI=1S/C19H20F3N5O3S.C4H10.C3H9N.C2H6.C2H2/c1-4-10-7-11(30-9-10)8-23-16-17(26-31-25-16)24-13-6-5-12(19(20,21)22)14(15(13)28)18(29)27(2)3;2*1-4(2)3;2*1-2/h5-7,9,28H,4,8H2,1-3H3,(H,23,25)(H,24,26);4H,1-3H3;1-3H3;1-2H3;1-2H. The fourth-order valence-electron chi connectivity index (χ4n) is 2.76. The van der Waals surface area contributed by atoms with Crippen LogP contribution in [0.5, 0.6) is 5.75 Å². The summed E-state index contributed by atoms with van der Waals surface area (Å²) in [4.78, 5) is 15.3. The molecule has 0 atom stereocenters. The van der Waals surface area contributed by atoms with Crippen molar-refractivity contribution in [1.29, 1.82) is 0 Å². The van der Waals surface area contributed by atoms with E-state index < -0.39 is 29.0 Å². The molecule has 43 heavy (non-hydrogen) atoms. The van der Waals surface area contributed by atoms with E-state index >= 15 is 0 Å². The third-order valence-corrected chi connectivity index (χ3v) is 4.92. The van der Waals surface area contributed by atoms with E-state index in [9.17, 15) is 23.1 Å². The molecule has 0 bridgehead atoms. The average Bonchev–Trinajstić information content (AvgIpc) is 3.58. The van der Waals surface area contributed by atoms with Gasteiger partial charge in [0.25, 0.3) is 5.91 Å². The van der Waals surface area contributed by atoms with Crippen LogP contribution in [0.4, 0.5) is 30.5 Å². The molecule has 1 aromatic carbocycles. The van der Waals surface area contributed by atoms with E-state index in [1.165, 1.54) is 14.1 Å². The van der Waals surface area contributed by atoms with Crippen molar-refractivity contribution in [1.82, 2.24) is 18.5 Å². The fraction of sp³-hybridized carbons (Fsp3) is 0.500. The van der Waals surface area contributed by atoms with Gasteiger partial charge in [-0.25, -0.2) is 0 Å². The van der Waals surface area contributed by atoms with E-state index in [1.807, 2.05) is 52.9 Å². The van der Waals surface area contributed by atoms with E-state index in [1.54, 1.807) is 6.26 Å². The maximum Gasteiger partial charge on any atom is 0.417 e. The van der Waals surface area contributed by atoms with Crippen molar-refractivity contribution in [3.05, 3.63) is 46.9 Å². The number of aromatic hydroxyl groups is 1. The van der Waals surface area contributed by atoms with Crippen LogP contribution in [0.1, 0.15) is 68.8 Å². The van der Waals surface area contributed by atoms with E-state index in [0.717, 1.165) is 46.7 Å². The summed E-state index contributed by atoms with van der Waals surface area (Å²) < 4.78 is 53.7. The van der Waals surface area contributed by atoms with Gasteiger partial charge in [-0.2, -0.15) is 21.9 Å². The molecule has 2 aromatic heterocycles. The number of halogens is 3. The average molecular weight is 629 g/mol. The van der Waals surface area contributed by atoms with Crippen molar-refractivity contribution < 1.29 is 27.5 Å². The zero-order valence-electron chi connectivity index (χ0n) is 27.1. The van der Waals surface area contributed by atoms with Gasteiger partial charge in [0, 0.05) is 14.1 Å². The molecule has 0 fully saturated rings. The monoisotopic (exact) mass is 628 g/mol. The first-order valence-corrected chi connectivity index (χ1v) is 14.3. The van der Waals surface area contributed by atoms with Crippen LogP contribution in [0.2, 0.25) is 0 Å². The number of aryl methyl sites for hydroxylation is 1. The minimum Gasteiger partial charge on any atom is -0.505 e. The van der Waals surface area contributed by atoms with Crippen LogP contribution in [0.3, 0.4) is 0 Å². The first-order valence-electron chi connectivity index (χ1n) is 13.6. The normalized spacial score (nSPS) is 10.1. The smallest absolute Gasteiger partial charge is 0.417 e. The van der Waals surface area contributed by atoms with Crippen molar-refractivity contribution in [3.63, 3.8) is 0 Å². The van der Waals surface area contributed by atoms with Crippen LogP contribution in [-0.2, 0) is 19.1 Å². The summed E-state index contributed by atoms with van der Waals surface area (Å²) in [5, 5.41) is 16.3. The predicted molar refractivity (Wildman–Crippen MR) is 171 cm³/mol. The Hall–Kier alpha value is -3.76. The lowest BCUT2D eigenvalue weighted by Crippen LogP contribution is -2.25. The van der Waals surface area contributed by atoms with E-state index in [0.29, 0.717) is 18.1 Å². The van der Waals surface area contributed by atoms with Crippen molar-refractivity contribution in [2.45, 2.75) is 60.7 Å². The maximum absolute atomic E-state index is 13.4. The number of hydrogen-bond donors (Lipinski definition) is 3. The molecule has 1 amide bonds. The number of nitrogens with zero attached hydrogens (tertiary/aromatic N) is 4. The Bertz CT molecular complexity index is 1210. The Kier molecular flexibility index (Phi) is 20.2. The molecule has 9 nitrogen and oxygen atoms in total. The van der Waals surface area contributed by atoms with Gasteiger partial charge in [0.1, 0.15) is 5.76 Å². The maximum atomic E-state index is 13.4. The molecule has 3 N–H and O–H groups in total. The summed E-state index contributed by atoms with van der Waals surface area (Å²) in [7, 11) is 8.60. The summed E-state index contributed by atoms with van der Waals surface area (Å²) >= 11 is 0.867. The van der Waals surface area contributed by atoms with E-state index in [-0.39, 0.29) is 11.5 Å². The van der Waals surface area contributed by atoms with E-state index in [2.05, 4.69) is 53.0 Å². The summed E-state index contributed by atoms with van der Waals surface area (Å²) in [5.41, 5.74) is -1.14. The van der Waals surface area contributed by atoms with Crippen LogP contribution in [0.25, 0.3) is 0 Å². The number of aromatic nitrogens is 2. The molecular weight excluding hydrogens is 581 g/mol. The molecule has 13 heteroatoms. The third kappa shape index (κ3) is 15.3. The zero-order chi connectivity index (χ0) is 33.9. The summed E-state index contributed by atoms with van der Waals surface area (Å²) in [5.74, 6) is 0.204. The number of nitrogens with one attached hydrogen (secondary N) is 2. The second-order valence-corrected chi connectivity index (χ2v) is 10.4. The molecule has 3 aromatic rings.